The highest BCUT2D eigenvalue weighted by Gasteiger charge is 2.36. The first kappa shape index (κ1) is 15.0. The molecule has 0 saturated carbocycles. The third-order valence-corrected chi connectivity index (χ3v) is 3.37. The average Bonchev–Trinajstić information content (AvgIpc) is 2.81. The Morgan fingerprint density at radius 1 is 1.43 bits per heavy atom. The first-order valence-electron chi connectivity index (χ1n) is 6.48. The predicted molar refractivity (Wildman–Crippen MR) is 72.1 cm³/mol. The van der Waals surface area contributed by atoms with Gasteiger partial charge < -0.3 is 15.3 Å². The van der Waals surface area contributed by atoms with Crippen molar-refractivity contribution < 1.29 is 23.9 Å². The van der Waals surface area contributed by atoms with Crippen LogP contribution in [0.4, 0.5) is 10.1 Å². The Labute approximate surface area is 120 Å². The summed E-state index contributed by atoms with van der Waals surface area (Å²) in [5.74, 6) is -3.25. The highest BCUT2D eigenvalue weighted by Crippen LogP contribution is 2.27. The van der Waals surface area contributed by atoms with Gasteiger partial charge in [0, 0.05) is 13.0 Å². The van der Waals surface area contributed by atoms with E-state index in [1.165, 1.54) is 30.0 Å². The van der Waals surface area contributed by atoms with Gasteiger partial charge in [-0.3, -0.25) is 14.4 Å². The first-order valence-corrected chi connectivity index (χ1v) is 6.48. The number of carboxylic acid groups (broad SMARTS) is 1. The maximum absolute atomic E-state index is 13.7. The van der Waals surface area contributed by atoms with Crippen LogP contribution in [-0.4, -0.2) is 35.5 Å². The quantitative estimate of drug-likeness (QED) is 0.858. The molecule has 7 heteroatoms. The van der Waals surface area contributed by atoms with Gasteiger partial charge in [-0.2, -0.15) is 0 Å². The number of halogens is 1. The van der Waals surface area contributed by atoms with Gasteiger partial charge in [-0.25, -0.2) is 4.39 Å². The summed E-state index contributed by atoms with van der Waals surface area (Å²) < 4.78 is 13.7. The lowest BCUT2D eigenvalue weighted by atomic mass is 10.1. The predicted octanol–water partition coefficient (Wildman–Crippen LogP) is 0.768. The van der Waals surface area contributed by atoms with Gasteiger partial charge in [0.25, 0.3) is 0 Å². The van der Waals surface area contributed by atoms with Crippen molar-refractivity contribution in [2.45, 2.75) is 19.4 Å². The molecular weight excluding hydrogens is 279 g/mol. The highest BCUT2D eigenvalue weighted by molar-refractivity contribution is 6.00. The molecule has 2 amide bonds. The van der Waals surface area contributed by atoms with E-state index < -0.39 is 29.7 Å². The number of para-hydroxylation sites is 1. The molecule has 1 aromatic rings. The number of carbonyl (C=O) groups excluding carboxylic acids is 2. The summed E-state index contributed by atoms with van der Waals surface area (Å²) >= 11 is 0. The zero-order valence-corrected chi connectivity index (χ0v) is 11.4. The zero-order chi connectivity index (χ0) is 15.6. The van der Waals surface area contributed by atoms with Crippen molar-refractivity contribution >= 4 is 23.5 Å². The minimum Gasteiger partial charge on any atom is -0.480 e. The molecule has 0 bridgehead atoms. The van der Waals surface area contributed by atoms with E-state index in [2.05, 4.69) is 5.32 Å². The van der Waals surface area contributed by atoms with Crippen molar-refractivity contribution in [3.8, 4) is 0 Å². The van der Waals surface area contributed by atoms with Gasteiger partial charge >= 0.3 is 5.97 Å². The van der Waals surface area contributed by atoms with Crippen LogP contribution in [0.25, 0.3) is 0 Å². The van der Waals surface area contributed by atoms with Crippen molar-refractivity contribution in [1.82, 2.24) is 5.32 Å². The number of benzene rings is 1. The number of hydrogen-bond acceptors (Lipinski definition) is 3. The Kier molecular flexibility index (Phi) is 4.21. The monoisotopic (exact) mass is 294 g/mol. The maximum Gasteiger partial charge on any atom is 0.325 e. The van der Waals surface area contributed by atoms with Crippen molar-refractivity contribution in [3.05, 3.63) is 30.1 Å². The molecule has 0 aromatic heterocycles. The third-order valence-electron chi connectivity index (χ3n) is 3.37. The van der Waals surface area contributed by atoms with Gasteiger partial charge in [0.1, 0.15) is 11.9 Å². The van der Waals surface area contributed by atoms with Crippen LogP contribution in [0.15, 0.2) is 24.3 Å². The molecule has 21 heavy (non-hydrogen) atoms. The fourth-order valence-electron chi connectivity index (χ4n) is 2.18. The first-order chi connectivity index (χ1) is 9.90. The molecule has 1 saturated heterocycles. The fraction of sp³-hybridized carbons (Fsp3) is 0.357. The van der Waals surface area contributed by atoms with Crippen LogP contribution in [0.1, 0.15) is 13.3 Å². The van der Waals surface area contributed by atoms with E-state index >= 15 is 0 Å². The molecule has 0 radical (unpaired) electrons. The number of nitrogens with zero attached hydrogens (tertiary/aromatic N) is 1. The molecule has 1 aliphatic rings. The number of anilines is 1. The van der Waals surface area contributed by atoms with E-state index in [1.54, 1.807) is 6.07 Å². The molecule has 0 aliphatic carbocycles. The average molecular weight is 294 g/mol. The van der Waals surface area contributed by atoms with Gasteiger partial charge in [0.15, 0.2) is 0 Å². The second-order valence-corrected chi connectivity index (χ2v) is 4.93. The van der Waals surface area contributed by atoms with Gasteiger partial charge in [-0.15, -0.1) is 0 Å². The Hall–Kier alpha value is -2.44. The topological polar surface area (TPSA) is 86.7 Å². The van der Waals surface area contributed by atoms with Crippen LogP contribution in [0.2, 0.25) is 0 Å². The summed E-state index contributed by atoms with van der Waals surface area (Å²) in [5, 5.41) is 11.1. The Bertz CT molecular complexity index is 590. The molecule has 1 unspecified atom stereocenters. The van der Waals surface area contributed by atoms with Crippen LogP contribution in [0.3, 0.4) is 0 Å². The van der Waals surface area contributed by atoms with Gasteiger partial charge in [0.05, 0.1) is 11.6 Å². The number of hydrogen-bond donors (Lipinski definition) is 2. The molecule has 2 N–H and O–H groups in total. The van der Waals surface area contributed by atoms with E-state index in [9.17, 15) is 18.8 Å². The largest absolute Gasteiger partial charge is 0.480 e. The lowest BCUT2D eigenvalue weighted by Crippen LogP contribution is -2.42. The summed E-state index contributed by atoms with van der Waals surface area (Å²) in [5.41, 5.74) is 0.129. The number of aliphatic carboxylic acids is 1. The van der Waals surface area contributed by atoms with Crippen LogP contribution in [0.5, 0.6) is 0 Å². The Morgan fingerprint density at radius 3 is 2.71 bits per heavy atom. The standard InChI is InChI=1S/C14H15FN2O4/c1-8(14(20)21)16-13(19)9-6-12(18)17(7-9)11-5-3-2-4-10(11)15/h2-5,8-9H,6-7H2,1H3,(H,16,19)(H,20,21)/t8-,9?/m1/s1. The fourth-order valence-corrected chi connectivity index (χ4v) is 2.18. The summed E-state index contributed by atoms with van der Waals surface area (Å²) in [6.45, 7) is 1.38. The van der Waals surface area contributed by atoms with Crippen molar-refractivity contribution in [1.29, 1.82) is 0 Å². The molecule has 1 fully saturated rings. The van der Waals surface area contributed by atoms with Crippen LogP contribution >= 0.6 is 0 Å². The van der Waals surface area contributed by atoms with E-state index in [1.807, 2.05) is 0 Å². The molecule has 0 spiro atoms. The Balaban J connectivity index is 2.08. The van der Waals surface area contributed by atoms with Crippen LogP contribution < -0.4 is 10.2 Å². The molecular formula is C14H15FN2O4. The van der Waals surface area contributed by atoms with Crippen molar-refractivity contribution in [2.75, 3.05) is 11.4 Å². The highest BCUT2D eigenvalue weighted by atomic mass is 19.1. The molecule has 2 rings (SSSR count). The summed E-state index contributed by atoms with van der Waals surface area (Å²) in [6.07, 6.45) is -0.0630. The number of amides is 2. The van der Waals surface area contributed by atoms with E-state index in [0.717, 1.165) is 0 Å². The molecule has 6 nitrogen and oxygen atoms in total. The van der Waals surface area contributed by atoms with Gasteiger partial charge in [0.2, 0.25) is 11.8 Å². The second kappa shape index (κ2) is 5.90. The van der Waals surface area contributed by atoms with Crippen LogP contribution in [0, 0.1) is 11.7 Å². The number of rotatable bonds is 4. The number of carbonyl (C=O) groups is 3. The summed E-state index contributed by atoms with van der Waals surface area (Å²) in [6, 6.07) is 4.79. The summed E-state index contributed by atoms with van der Waals surface area (Å²) in [7, 11) is 0. The Morgan fingerprint density at radius 2 is 2.10 bits per heavy atom. The number of carboxylic acids is 1. The minimum absolute atomic E-state index is 0.0396. The normalized spacial score (nSPS) is 19.4. The molecule has 1 aliphatic heterocycles. The lowest BCUT2D eigenvalue weighted by molar-refractivity contribution is -0.141. The third kappa shape index (κ3) is 3.18. The van der Waals surface area contributed by atoms with Crippen molar-refractivity contribution in [3.63, 3.8) is 0 Å². The van der Waals surface area contributed by atoms with E-state index in [4.69, 9.17) is 5.11 Å². The molecule has 1 heterocycles. The molecule has 1 aromatic carbocycles. The minimum atomic E-state index is -1.15. The summed E-state index contributed by atoms with van der Waals surface area (Å²) in [4.78, 5) is 35.8. The van der Waals surface area contributed by atoms with Crippen LogP contribution in [-0.2, 0) is 14.4 Å². The van der Waals surface area contributed by atoms with Crippen molar-refractivity contribution in [2.24, 2.45) is 5.92 Å². The molecule has 2 atom stereocenters. The van der Waals surface area contributed by atoms with E-state index in [-0.39, 0.29) is 24.6 Å². The van der Waals surface area contributed by atoms with Gasteiger partial charge in [-0.05, 0) is 19.1 Å². The lowest BCUT2D eigenvalue weighted by Gasteiger charge is -2.17. The van der Waals surface area contributed by atoms with E-state index in [0.29, 0.717) is 0 Å². The molecule has 112 valence electrons. The smallest absolute Gasteiger partial charge is 0.325 e. The SMILES string of the molecule is C[C@@H](NC(=O)C1CC(=O)N(c2ccccc2F)C1)C(=O)O. The zero-order valence-electron chi connectivity index (χ0n) is 11.4. The maximum atomic E-state index is 13.7. The number of nitrogens with one attached hydrogen (secondary N) is 1. The van der Waals surface area contributed by atoms with Gasteiger partial charge in [-0.1, -0.05) is 12.1 Å². The second-order valence-electron chi connectivity index (χ2n) is 4.93.